The van der Waals surface area contributed by atoms with Gasteiger partial charge >= 0.3 is 5.97 Å². The molecule has 3 aromatic rings. The number of carbonyl (C=O) groups excluding carboxylic acids is 1. The fourth-order valence-corrected chi connectivity index (χ4v) is 2.24. The molecule has 0 spiro atoms. The quantitative estimate of drug-likeness (QED) is 0.569. The molecular formula is C17H16N4O6. The summed E-state index contributed by atoms with van der Waals surface area (Å²) in [6.07, 6.45) is 4.15. The molecular weight excluding hydrogens is 356 g/mol. The Morgan fingerprint density at radius 3 is 2.37 bits per heavy atom. The topological polar surface area (TPSA) is 119 Å². The molecule has 140 valence electrons. The number of carbonyl (C=O) groups is 1. The predicted molar refractivity (Wildman–Crippen MR) is 90.5 cm³/mol. The van der Waals surface area contributed by atoms with E-state index >= 15 is 0 Å². The van der Waals surface area contributed by atoms with Crippen LogP contribution in [-0.4, -0.2) is 47.5 Å². The van der Waals surface area contributed by atoms with Crippen molar-refractivity contribution < 1.29 is 28.2 Å². The molecule has 3 rings (SSSR count). The second kappa shape index (κ2) is 8.13. The maximum absolute atomic E-state index is 11.9. The summed E-state index contributed by atoms with van der Waals surface area (Å²) in [6, 6.07) is 3.34. The molecule has 0 atom stereocenters. The lowest BCUT2D eigenvalue weighted by Gasteiger charge is -2.12. The van der Waals surface area contributed by atoms with Gasteiger partial charge in [-0.05, 0) is 12.1 Å². The lowest BCUT2D eigenvalue weighted by Crippen LogP contribution is -2.07. The van der Waals surface area contributed by atoms with Gasteiger partial charge in [0.2, 0.25) is 11.6 Å². The normalized spacial score (nSPS) is 10.3. The fraction of sp³-hybridized carbons (Fsp3) is 0.235. The minimum absolute atomic E-state index is 0.0851. The molecule has 0 aliphatic heterocycles. The Morgan fingerprint density at radius 1 is 1.04 bits per heavy atom. The van der Waals surface area contributed by atoms with Crippen molar-refractivity contribution in [1.29, 1.82) is 0 Å². The molecule has 0 fully saturated rings. The molecule has 2 aromatic heterocycles. The summed E-state index contributed by atoms with van der Waals surface area (Å²) in [7, 11) is 4.52. The molecule has 2 heterocycles. The first-order valence-corrected chi connectivity index (χ1v) is 7.72. The van der Waals surface area contributed by atoms with Gasteiger partial charge in [0, 0.05) is 18.0 Å². The highest BCUT2D eigenvalue weighted by molar-refractivity contribution is 5.86. The van der Waals surface area contributed by atoms with Crippen molar-refractivity contribution in [3.05, 3.63) is 42.3 Å². The summed E-state index contributed by atoms with van der Waals surface area (Å²) in [5.74, 6) is 1.02. The minimum atomic E-state index is -0.643. The zero-order valence-electron chi connectivity index (χ0n) is 14.8. The van der Waals surface area contributed by atoms with Crippen LogP contribution in [0.1, 0.15) is 16.4 Å². The average molecular weight is 372 g/mol. The van der Waals surface area contributed by atoms with Crippen molar-refractivity contribution in [2.75, 3.05) is 21.3 Å². The molecule has 0 aliphatic carbocycles. The molecule has 10 heteroatoms. The molecule has 0 amide bonds. The number of hydrogen-bond donors (Lipinski definition) is 0. The molecule has 27 heavy (non-hydrogen) atoms. The second-order valence-electron chi connectivity index (χ2n) is 5.08. The minimum Gasteiger partial charge on any atom is -0.493 e. The van der Waals surface area contributed by atoms with Crippen LogP contribution in [0.4, 0.5) is 0 Å². The van der Waals surface area contributed by atoms with Crippen LogP contribution in [0, 0.1) is 0 Å². The lowest BCUT2D eigenvalue weighted by molar-refractivity contribution is 0.0431. The first-order valence-electron chi connectivity index (χ1n) is 7.72. The number of hydrogen-bond acceptors (Lipinski definition) is 10. The average Bonchev–Trinajstić information content (AvgIpc) is 3.20. The maximum Gasteiger partial charge on any atom is 0.359 e. The number of aromatic nitrogens is 4. The van der Waals surface area contributed by atoms with Crippen molar-refractivity contribution in [3.63, 3.8) is 0 Å². The zero-order chi connectivity index (χ0) is 19.2. The van der Waals surface area contributed by atoms with Crippen LogP contribution in [0.5, 0.6) is 17.2 Å². The Morgan fingerprint density at radius 2 is 1.78 bits per heavy atom. The highest BCUT2D eigenvalue weighted by Crippen LogP contribution is 2.40. The zero-order valence-corrected chi connectivity index (χ0v) is 14.8. The van der Waals surface area contributed by atoms with E-state index in [0.29, 0.717) is 22.8 Å². The molecule has 0 saturated heterocycles. The maximum atomic E-state index is 11.9. The number of ether oxygens (including phenoxy) is 4. The summed E-state index contributed by atoms with van der Waals surface area (Å²) in [5.41, 5.74) is 0.644. The van der Waals surface area contributed by atoms with Gasteiger partial charge in [0.25, 0.3) is 5.89 Å². The van der Waals surface area contributed by atoms with Crippen LogP contribution in [-0.2, 0) is 11.3 Å². The Bertz CT molecular complexity index is 903. The van der Waals surface area contributed by atoms with Gasteiger partial charge in [-0.2, -0.15) is 0 Å². The van der Waals surface area contributed by atoms with Crippen LogP contribution in [0.25, 0.3) is 11.5 Å². The molecule has 0 radical (unpaired) electrons. The first kappa shape index (κ1) is 18.1. The number of methoxy groups -OCH3 is 3. The highest BCUT2D eigenvalue weighted by atomic mass is 16.5. The third kappa shape index (κ3) is 3.94. The smallest absolute Gasteiger partial charge is 0.359 e. The summed E-state index contributed by atoms with van der Waals surface area (Å²) in [6.45, 7) is -0.202. The SMILES string of the molecule is COc1cc(-c2nnc(COC(=O)c3cnccn3)o2)cc(OC)c1OC. The van der Waals surface area contributed by atoms with Gasteiger partial charge in [0.15, 0.2) is 23.8 Å². The van der Waals surface area contributed by atoms with E-state index in [2.05, 4.69) is 20.2 Å². The molecule has 0 unspecified atom stereocenters. The van der Waals surface area contributed by atoms with Gasteiger partial charge < -0.3 is 23.4 Å². The van der Waals surface area contributed by atoms with Gasteiger partial charge in [0.05, 0.1) is 27.5 Å². The molecule has 1 aromatic carbocycles. The molecule has 0 bridgehead atoms. The van der Waals surface area contributed by atoms with Crippen molar-refractivity contribution in [1.82, 2.24) is 20.2 Å². The first-order chi connectivity index (χ1) is 13.2. The van der Waals surface area contributed by atoms with E-state index in [1.54, 1.807) is 12.1 Å². The number of benzene rings is 1. The Labute approximate surface area is 154 Å². The van der Waals surface area contributed by atoms with E-state index < -0.39 is 5.97 Å². The van der Waals surface area contributed by atoms with E-state index in [0.717, 1.165) is 0 Å². The van der Waals surface area contributed by atoms with Crippen LogP contribution in [0.15, 0.2) is 35.1 Å². The standard InChI is InChI=1S/C17H16N4O6/c1-23-12-6-10(7-13(24-2)15(12)25-3)16-21-20-14(27-16)9-26-17(22)11-8-18-4-5-19-11/h4-8H,9H2,1-3H3. The van der Waals surface area contributed by atoms with Crippen LogP contribution in [0.2, 0.25) is 0 Å². The number of esters is 1. The Balaban J connectivity index is 1.77. The Hall–Kier alpha value is -3.69. The van der Waals surface area contributed by atoms with Crippen molar-refractivity contribution in [2.24, 2.45) is 0 Å². The van der Waals surface area contributed by atoms with Crippen LogP contribution < -0.4 is 14.2 Å². The van der Waals surface area contributed by atoms with E-state index in [9.17, 15) is 4.79 Å². The summed E-state index contributed by atoms with van der Waals surface area (Å²) in [4.78, 5) is 19.5. The number of rotatable bonds is 7. The molecule has 0 aliphatic rings. The largest absolute Gasteiger partial charge is 0.493 e. The van der Waals surface area contributed by atoms with Gasteiger partial charge in [-0.25, -0.2) is 9.78 Å². The van der Waals surface area contributed by atoms with Gasteiger partial charge in [0.1, 0.15) is 0 Å². The van der Waals surface area contributed by atoms with E-state index in [4.69, 9.17) is 23.4 Å². The van der Waals surface area contributed by atoms with Crippen molar-refractivity contribution in [2.45, 2.75) is 6.61 Å². The predicted octanol–water partition coefficient (Wildman–Crippen LogP) is 1.91. The van der Waals surface area contributed by atoms with Crippen molar-refractivity contribution >= 4 is 5.97 Å². The van der Waals surface area contributed by atoms with Crippen LogP contribution >= 0.6 is 0 Å². The molecule has 0 N–H and O–H groups in total. The summed E-state index contributed by atoms with van der Waals surface area (Å²) >= 11 is 0. The second-order valence-corrected chi connectivity index (χ2v) is 5.08. The monoisotopic (exact) mass is 372 g/mol. The van der Waals surface area contributed by atoms with Crippen LogP contribution in [0.3, 0.4) is 0 Å². The molecule has 0 saturated carbocycles. The van der Waals surface area contributed by atoms with Gasteiger partial charge in [-0.1, -0.05) is 0 Å². The van der Waals surface area contributed by atoms with Crippen molar-refractivity contribution in [3.8, 4) is 28.7 Å². The third-order valence-corrected chi connectivity index (χ3v) is 3.48. The van der Waals surface area contributed by atoms with E-state index in [-0.39, 0.29) is 24.1 Å². The highest BCUT2D eigenvalue weighted by Gasteiger charge is 2.18. The Kier molecular flexibility index (Phi) is 5.45. The molecule has 10 nitrogen and oxygen atoms in total. The third-order valence-electron chi connectivity index (χ3n) is 3.48. The summed E-state index contributed by atoms with van der Waals surface area (Å²) < 4.78 is 26.5. The van der Waals surface area contributed by atoms with Gasteiger partial charge in [-0.15, -0.1) is 10.2 Å². The number of nitrogens with zero attached hydrogens (tertiary/aromatic N) is 4. The lowest BCUT2D eigenvalue weighted by atomic mass is 10.2. The van der Waals surface area contributed by atoms with Gasteiger partial charge in [-0.3, -0.25) is 4.98 Å². The van der Waals surface area contributed by atoms with E-state index in [1.165, 1.54) is 39.9 Å². The summed E-state index contributed by atoms with van der Waals surface area (Å²) in [5, 5.41) is 7.82. The fourth-order valence-electron chi connectivity index (χ4n) is 2.24. The van der Waals surface area contributed by atoms with E-state index in [1.807, 2.05) is 0 Å².